The van der Waals surface area contributed by atoms with Crippen LogP contribution in [0.3, 0.4) is 0 Å². The molecule has 140 valence electrons. The van der Waals surface area contributed by atoms with Gasteiger partial charge in [0.15, 0.2) is 24.2 Å². The van der Waals surface area contributed by atoms with Crippen LogP contribution >= 0.6 is 0 Å². The van der Waals surface area contributed by atoms with Crippen molar-refractivity contribution in [3.8, 4) is 17.6 Å². The summed E-state index contributed by atoms with van der Waals surface area (Å²) in [4.78, 5) is 25.9. The molecule has 1 amide bonds. The summed E-state index contributed by atoms with van der Waals surface area (Å²) in [5, 5.41) is 8.73. The van der Waals surface area contributed by atoms with Crippen LogP contribution in [0.1, 0.15) is 24.2 Å². The summed E-state index contributed by atoms with van der Waals surface area (Å²) in [7, 11) is 0. The Kier molecular flexibility index (Phi) is 7.24. The Morgan fingerprint density at radius 2 is 2.00 bits per heavy atom. The van der Waals surface area contributed by atoms with Gasteiger partial charge in [-0.3, -0.25) is 4.79 Å². The summed E-state index contributed by atoms with van der Waals surface area (Å²) in [6.07, 6.45) is -0.847. The highest BCUT2D eigenvalue weighted by Gasteiger charge is 2.19. The molecule has 2 rings (SSSR count). The van der Waals surface area contributed by atoms with Crippen LogP contribution in [0, 0.1) is 11.3 Å². The molecule has 1 aliphatic rings. The van der Waals surface area contributed by atoms with E-state index in [2.05, 4.69) is 0 Å². The van der Waals surface area contributed by atoms with E-state index in [1.54, 1.807) is 17.9 Å². The number of hydrogen-bond donors (Lipinski definition) is 0. The van der Waals surface area contributed by atoms with Crippen LogP contribution in [-0.2, 0) is 14.3 Å². The van der Waals surface area contributed by atoms with Gasteiger partial charge < -0.3 is 23.8 Å². The zero-order valence-corrected chi connectivity index (χ0v) is 14.9. The molecule has 1 heterocycles. The largest absolute Gasteiger partial charge is 0.490 e. The SMILES string of the molecule is CCOc1cc(C(=O)O[C@H](C)C#N)ccc1OCC(=O)N1CCOCC1. The van der Waals surface area contributed by atoms with Crippen molar-refractivity contribution in [1.82, 2.24) is 4.90 Å². The molecule has 8 heteroatoms. The van der Waals surface area contributed by atoms with Gasteiger partial charge in [-0.25, -0.2) is 4.79 Å². The van der Waals surface area contributed by atoms with Crippen molar-refractivity contribution in [3.63, 3.8) is 0 Å². The first kappa shape index (κ1) is 19.5. The molecule has 26 heavy (non-hydrogen) atoms. The first-order chi connectivity index (χ1) is 12.5. The second-order valence-electron chi connectivity index (χ2n) is 5.55. The molecule has 0 unspecified atom stereocenters. The fraction of sp³-hybridized carbons (Fsp3) is 0.500. The predicted octanol–water partition coefficient (Wildman–Crippen LogP) is 1.39. The summed E-state index contributed by atoms with van der Waals surface area (Å²) in [5.74, 6) is -0.0716. The molecule has 1 aliphatic heterocycles. The van der Waals surface area contributed by atoms with Gasteiger partial charge in [0, 0.05) is 13.1 Å². The topological polar surface area (TPSA) is 98.1 Å². The lowest BCUT2D eigenvalue weighted by Gasteiger charge is -2.26. The Morgan fingerprint density at radius 3 is 2.65 bits per heavy atom. The van der Waals surface area contributed by atoms with Crippen LogP contribution in [-0.4, -0.2) is 62.4 Å². The van der Waals surface area contributed by atoms with Crippen LogP contribution in [0.25, 0.3) is 0 Å². The van der Waals surface area contributed by atoms with Gasteiger partial charge >= 0.3 is 5.97 Å². The first-order valence-corrected chi connectivity index (χ1v) is 8.41. The monoisotopic (exact) mass is 362 g/mol. The molecular formula is C18H22N2O6. The maximum absolute atomic E-state index is 12.2. The molecule has 0 aromatic heterocycles. The highest BCUT2D eigenvalue weighted by atomic mass is 16.5. The van der Waals surface area contributed by atoms with E-state index in [0.29, 0.717) is 44.4 Å². The van der Waals surface area contributed by atoms with Gasteiger partial charge in [0.2, 0.25) is 0 Å². The third kappa shape index (κ3) is 5.36. The number of benzene rings is 1. The number of nitriles is 1. The van der Waals surface area contributed by atoms with E-state index in [1.807, 2.05) is 6.07 Å². The van der Waals surface area contributed by atoms with Crippen LogP contribution in [0.15, 0.2) is 18.2 Å². The zero-order chi connectivity index (χ0) is 18.9. The number of carbonyl (C=O) groups excluding carboxylic acids is 2. The number of morpholine rings is 1. The molecule has 1 aromatic carbocycles. The predicted molar refractivity (Wildman–Crippen MR) is 91.0 cm³/mol. The Labute approximate surface area is 152 Å². The van der Waals surface area contributed by atoms with Crippen molar-refractivity contribution >= 4 is 11.9 Å². The molecule has 0 spiro atoms. The van der Waals surface area contributed by atoms with Crippen molar-refractivity contribution in [2.45, 2.75) is 20.0 Å². The minimum Gasteiger partial charge on any atom is -0.490 e. The quantitative estimate of drug-likeness (QED) is 0.676. The molecule has 8 nitrogen and oxygen atoms in total. The van der Waals surface area contributed by atoms with Crippen LogP contribution in [0.2, 0.25) is 0 Å². The molecule has 0 bridgehead atoms. The van der Waals surface area contributed by atoms with Crippen molar-refractivity contribution < 1.29 is 28.5 Å². The van der Waals surface area contributed by atoms with E-state index >= 15 is 0 Å². The van der Waals surface area contributed by atoms with Crippen molar-refractivity contribution in [2.24, 2.45) is 0 Å². The minimum absolute atomic E-state index is 0.130. The first-order valence-electron chi connectivity index (χ1n) is 8.41. The smallest absolute Gasteiger partial charge is 0.339 e. The maximum Gasteiger partial charge on any atom is 0.339 e. The second kappa shape index (κ2) is 9.63. The van der Waals surface area contributed by atoms with Crippen LogP contribution in [0.5, 0.6) is 11.5 Å². The van der Waals surface area contributed by atoms with E-state index in [1.165, 1.54) is 19.1 Å². The van der Waals surface area contributed by atoms with Crippen LogP contribution in [0.4, 0.5) is 0 Å². The Morgan fingerprint density at radius 1 is 1.27 bits per heavy atom. The third-order valence-corrected chi connectivity index (χ3v) is 3.66. The fourth-order valence-electron chi connectivity index (χ4n) is 2.32. The average Bonchev–Trinajstić information content (AvgIpc) is 2.67. The van der Waals surface area contributed by atoms with Crippen LogP contribution < -0.4 is 9.47 Å². The Bertz CT molecular complexity index is 679. The third-order valence-electron chi connectivity index (χ3n) is 3.66. The summed E-state index contributed by atoms with van der Waals surface area (Å²) in [6.45, 7) is 5.64. The van der Waals surface area contributed by atoms with Gasteiger partial charge in [-0.15, -0.1) is 0 Å². The molecule has 1 fully saturated rings. The normalized spacial score (nSPS) is 14.9. The molecule has 0 N–H and O–H groups in total. The van der Waals surface area contributed by atoms with Gasteiger partial charge in [-0.1, -0.05) is 0 Å². The van der Waals surface area contributed by atoms with Crippen molar-refractivity contribution in [3.05, 3.63) is 23.8 Å². The standard InChI is InChI=1S/C18H22N2O6/c1-3-24-16-10-14(18(22)26-13(2)11-19)4-5-15(16)25-12-17(21)20-6-8-23-9-7-20/h4-5,10,13H,3,6-9,12H2,1-2H3/t13-/m1/s1. The molecule has 0 saturated carbocycles. The van der Waals surface area contributed by atoms with Gasteiger partial charge in [-0.05, 0) is 32.0 Å². The average molecular weight is 362 g/mol. The van der Waals surface area contributed by atoms with Gasteiger partial charge in [0.25, 0.3) is 5.91 Å². The van der Waals surface area contributed by atoms with Gasteiger partial charge in [0.1, 0.15) is 6.07 Å². The van der Waals surface area contributed by atoms with Crippen molar-refractivity contribution in [1.29, 1.82) is 5.26 Å². The molecule has 0 radical (unpaired) electrons. The van der Waals surface area contributed by atoms with Gasteiger partial charge in [0.05, 0.1) is 25.4 Å². The number of esters is 1. The maximum atomic E-state index is 12.2. The van der Waals surface area contributed by atoms with Gasteiger partial charge in [-0.2, -0.15) is 5.26 Å². The van der Waals surface area contributed by atoms with E-state index in [9.17, 15) is 9.59 Å². The molecule has 1 saturated heterocycles. The summed E-state index contributed by atoms with van der Waals surface area (Å²) in [6, 6.07) is 6.36. The second-order valence-corrected chi connectivity index (χ2v) is 5.55. The lowest BCUT2D eigenvalue weighted by atomic mass is 10.2. The number of ether oxygens (including phenoxy) is 4. The Hall–Kier alpha value is -2.79. The number of amides is 1. The highest BCUT2D eigenvalue weighted by Crippen LogP contribution is 2.29. The lowest BCUT2D eigenvalue weighted by Crippen LogP contribution is -2.43. The summed E-state index contributed by atoms with van der Waals surface area (Å²) < 4.78 is 21.3. The number of rotatable bonds is 7. The number of hydrogen-bond acceptors (Lipinski definition) is 7. The van der Waals surface area contributed by atoms with E-state index < -0.39 is 12.1 Å². The van der Waals surface area contributed by atoms with E-state index in [-0.39, 0.29) is 18.1 Å². The summed E-state index contributed by atoms with van der Waals surface area (Å²) >= 11 is 0. The molecular weight excluding hydrogens is 340 g/mol. The molecule has 0 aliphatic carbocycles. The minimum atomic E-state index is -0.847. The highest BCUT2D eigenvalue weighted by molar-refractivity contribution is 5.90. The van der Waals surface area contributed by atoms with Crippen molar-refractivity contribution in [2.75, 3.05) is 39.5 Å². The molecule has 1 aromatic rings. The summed E-state index contributed by atoms with van der Waals surface area (Å²) in [5.41, 5.74) is 0.238. The van der Waals surface area contributed by atoms with E-state index in [4.69, 9.17) is 24.2 Å². The lowest BCUT2D eigenvalue weighted by molar-refractivity contribution is -0.137. The van der Waals surface area contributed by atoms with E-state index in [0.717, 1.165) is 0 Å². The Balaban J connectivity index is 2.04. The number of nitrogens with zero attached hydrogens (tertiary/aromatic N) is 2. The zero-order valence-electron chi connectivity index (χ0n) is 14.9. The fourth-order valence-corrected chi connectivity index (χ4v) is 2.32. The number of carbonyl (C=O) groups is 2. The molecule has 1 atom stereocenters.